The summed E-state index contributed by atoms with van der Waals surface area (Å²) in [6.07, 6.45) is 7.68. The fourth-order valence-corrected chi connectivity index (χ4v) is 2.81. The largest absolute Gasteiger partial charge is 0.325 e. The molecule has 0 spiro atoms. The normalized spacial score (nSPS) is 35.3. The van der Waals surface area contributed by atoms with Crippen LogP contribution in [0.1, 0.15) is 59.3 Å². The molecule has 1 rings (SSSR count). The molecule has 0 aromatic heterocycles. The minimum absolute atomic E-state index is 0.177. The number of hydrogen-bond acceptors (Lipinski definition) is 1. The van der Waals surface area contributed by atoms with Crippen LogP contribution in [-0.2, 0) is 0 Å². The van der Waals surface area contributed by atoms with Gasteiger partial charge in [0.25, 0.3) is 0 Å². The first kappa shape index (κ1) is 11.0. The molecule has 0 saturated heterocycles. The van der Waals surface area contributed by atoms with Gasteiger partial charge in [0.05, 0.1) is 0 Å². The first-order valence-electron chi connectivity index (χ1n) is 5.91. The molecule has 78 valence electrons. The van der Waals surface area contributed by atoms with Gasteiger partial charge in [-0.05, 0) is 37.5 Å². The molecular formula is C12H25N. The lowest BCUT2D eigenvalue weighted by molar-refractivity contribution is 0.159. The summed E-state index contributed by atoms with van der Waals surface area (Å²) in [5.74, 6) is 1.66. The van der Waals surface area contributed by atoms with E-state index in [1.54, 1.807) is 0 Å². The van der Waals surface area contributed by atoms with Gasteiger partial charge in [0.15, 0.2) is 0 Å². The fourth-order valence-electron chi connectivity index (χ4n) is 2.81. The van der Waals surface area contributed by atoms with Crippen molar-refractivity contribution in [3.63, 3.8) is 0 Å². The maximum Gasteiger partial charge on any atom is 0.0182 e. The number of nitrogens with two attached hydrogens (primary N) is 1. The summed E-state index contributed by atoms with van der Waals surface area (Å²) in [4.78, 5) is 0. The van der Waals surface area contributed by atoms with E-state index in [2.05, 4.69) is 20.8 Å². The van der Waals surface area contributed by atoms with Crippen LogP contribution < -0.4 is 5.73 Å². The highest BCUT2D eigenvalue weighted by Crippen LogP contribution is 2.37. The zero-order valence-electron chi connectivity index (χ0n) is 9.47. The predicted octanol–water partition coefficient (Wildman–Crippen LogP) is 3.33. The molecule has 2 N–H and O–H groups in total. The van der Waals surface area contributed by atoms with Crippen molar-refractivity contribution in [2.24, 2.45) is 17.6 Å². The van der Waals surface area contributed by atoms with Crippen LogP contribution in [0.3, 0.4) is 0 Å². The van der Waals surface area contributed by atoms with E-state index < -0.39 is 0 Å². The first-order chi connectivity index (χ1) is 6.12. The van der Waals surface area contributed by atoms with E-state index in [-0.39, 0.29) is 5.54 Å². The third-order valence-corrected chi connectivity index (χ3v) is 4.00. The number of rotatable bonds is 3. The Bertz CT molecular complexity index is 141. The van der Waals surface area contributed by atoms with E-state index in [0.717, 1.165) is 11.8 Å². The summed E-state index contributed by atoms with van der Waals surface area (Å²) in [6.45, 7) is 6.91. The van der Waals surface area contributed by atoms with E-state index in [0.29, 0.717) is 0 Å². The summed E-state index contributed by atoms with van der Waals surface area (Å²) in [5.41, 5.74) is 6.66. The molecule has 1 heteroatoms. The van der Waals surface area contributed by atoms with Crippen molar-refractivity contribution in [1.29, 1.82) is 0 Å². The van der Waals surface area contributed by atoms with Gasteiger partial charge >= 0.3 is 0 Å². The molecule has 0 radical (unpaired) electrons. The van der Waals surface area contributed by atoms with Crippen LogP contribution in [0.15, 0.2) is 0 Å². The van der Waals surface area contributed by atoms with Gasteiger partial charge < -0.3 is 5.73 Å². The SMILES string of the molecule is CCC(CC)C1(N)CCC(C)CC1. The van der Waals surface area contributed by atoms with Crippen LogP contribution in [0.4, 0.5) is 0 Å². The van der Waals surface area contributed by atoms with Crippen molar-refractivity contribution < 1.29 is 0 Å². The average Bonchev–Trinajstić information content (AvgIpc) is 2.13. The average molecular weight is 183 g/mol. The molecule has 1 fully saturated rings. The minimum Gasteiger partial charge on any atom is -0.325 e. The Labute approximate surface area is 83.1 Å². The van der Waals surface area contributed by atoms with E-state index in [4.69, 9.17) is 5.73 Å². The molecule has 1 aliphatic carbocycles. The summed E-state index contributed by atoms with van der Waals surface area (Å²) < 4.78 is 0. The van der Waals surface area contributed by atoms with E-state index >= 15 is 0 Å². The highest BCUT2D eigenvalue weighted by Gasteiger charge is 2.35. The maximum absolute atomic E-state index is 6.49. The fraction of sp³-hybridized carbons (Fsp3) is 1.00. The Hall–Kier alpha value is -0.0400. The topological polar surface area (TPSA) is 26.0 Å². The van der Waals surface area contributed by atoms with Crippen LogP contribution in [0, 0.1) is 11.8 Å². The predicted molar refractivity (Wildman–Crippen MR) is 58.6 cm³/mol. The molecule has 0 amide bonds. The summed E-state index contributed by atoms with van der Waals surface area (Å²) in [5, 5.41) is 0. The van der Waals surface area contributed by atoms with Crippen molar-refractivity contribution in [3.05, 3.63) is 0 Å². The van der Waals surface area contributed by atoms with Crippen molar-refractivity contribution in [2.45, 2.75) is 64.8 Å². The highest BCUT2D eigenvalue weighted by atomic mass is 14.8. The molecule has 1 aliphatic rings. The van der Waals surface area contributed by atoms with Crippen molar-refractivity contribution >= 4 is 0 Å². The molecular weight excluding hydrogens is 158 g/mol. The van der Waals surface area contributed by atoms with Gasteiger partial charge in [-0.1, -0.05) is 33.6 Å². The Kier molecular flexibility index (Phi) is 3.78. The van der Waals surface area contributed by atoms with Gasteiger partial charge in [0.2, 0.25) is 0 Å². The minimum atomic E-state index is 0.177. The van der Waals surface area contributed by atoms with E-state index in [9.17, 15) is 0 Å². The van der Waals surface area contributed by atoms with Crippen molar-refractivity contribution in [2.75, 3.05) is 0 Å². The molecule has 0 heterocycles. The molecule has 0 bridgehead atoms. The third kappa shape index (κ3) is 2.46. The van der Waals surface area contributed by atoms with Crippen LogP contribution in [0.2, 0.25) is 0 Å². The third-order valence-electron chi connectivity index (χ3n) is 4.00. The Morgan fingerprint density at radius 3 is 2.08 bits per heavy atom. The lowest BCUT2D eigenvalue weighted by Gasteiger charge is -2.42. The molecule has 13 heavy (non-hydrogen) atoms. The van der Waals surface area contributed by atoms with Gasteiger partial charge in [0, 0.05) is 5.54 Å². The molecule has 1 saturated carbocycles. The van der Waals surface area contributed by atoms with Gasteiger partial charge in [-0.3, -0.25) is 0 Å². The molecule has 0 atom stereocenters. The Morgan fingerprint density at radius 2 is 1.69 bits per heavy atom. The second kappa shape index (κ2) is 4.45. The van der Waals surface area contributed by atoms with E-state index in [1.165, 1.54) is 38.5 Å². The Balaban J connectivity index is 2.54. The lowest BCUT2D eigenvalue weighted by atomic mass is 9.69. The molecule has 0 aliphatic heterocycles. The smallest absolute Gasteiger partial charge is 0.0182 e. The lowest BCUT2D eigenvalue weighted by Crippen LogP contribution is -2.49. The van der Waals surface area contributed by atoms with Gasteiger partial charge in [-0.2, -0.15) is 0 Å². The van der Waals surface area contributed by atoms with Crippen LogP contribution in [0.5, 0.6) is 0 Å². The monoisotopic (exact) mass is 183 g/mol. The zero-order chi connectivity index (χ0) is 9.90. The van der Waals surface area contributed by atoms with Crippen LogP contribution in [0.25, 0.3) is 0 Å². The second-order valence-electron chi connectivity index (χ2n) is 4.93. The van der Waals surface area contributed by atoms with Crippen molar-refractivity contribution in [1.82, 2.24) is 0 Å². The van der Waals surface area contributed by atoms with Gasteiger partial charge in [-0.15, -0.1) is 0 Å². The Morgan fingerprint density at radius 1 is 1.23 bits per heavy atom. The number of hydrogen-bond donors (Lipinski definition) is 1. The quantitative estimate of drug-likeness (QED) is 0.713. The van der Waals surface area contributed by atoms with Crippen molar-refractivity contribution in [3.8, 4) is 0 Å². The summed E-state index contributed by atoms with van der Waals surface area (Å²) in [7, 11) is 0. The molecule has 0 aromatic carbocycles. The molecule has 0 unspecified atom stereocenters. The zero-order valence-corrected chi connectivity index (χ0v) is 9.47. The second-order valence-corrected chi connectivity index (χ2v) is 4.93. The van der Waals surface area contributed by atoms with E-state index in [1.807, 2.05) is 0 Å². The summed E-state index contributed by atoms with van der Waals surface area (Å²) >= 11 is 0. The maximum atomic E-state index is 6.49. The molecule has 1 nitrogen and oxygen atoms in total. The highest BCUT2D eigenvalue weighted by molar-refractivity contribution is 4.93. The first-order valence-corrected chi connectivity index (χ1v) is 5.91. The van der Waals surface area contributed by atoms with Crippen LogP contribution in [-0.4, -0.2) is 5.54 Å². The van der Waals surface area contributed by atoms with Gasteiger partial charge in [-0.25, -0.2) is 0 Å². The molecule has 0 aromatic rings. The van der Waals surface area contributed by atoms with Crippen LogP contribution >= 0.6 is 0 Å². The van der Waals surface area contributed by atoms with Gasteiger partial charge in [0.1, 0.15) is 0 Å². The summed E-state index contributed by atoms with van der Waals surface area (Å²) in [6, 6.07) is 0. The standard InChI is InChI=1S/C12H25N/c1-4-11(5-2)12(13)8-6-10(3)7-9-12/h10-11H,4-9,13H2,1-3H3.